The summed E-state index contributed by atoms with van der Waals surface area (Å²) >= 11 is 0. The molecule has 0 aromatic rings. The molecule has 0 aromatic heterocycles. The summed E-state index contributed by atoms with van der Waals surface area (Å²) in [6.07, 6.45) is 1.34. The third-order valence-electron chi connectivity index (χ3n) is 2.19. The minimum absolute atomic E-state index is 0.582. The van der Waals surface area contributed by atoms with Crippen molar-refractivity contribution < 1.29 is 14.6 Å². The van der Waals surface area contributed by atoms with Crippen LogP contribution in [0.2, 0.25) is 0 Å². The van der Waals surface area contributed by atoms with E-state index in [4.69, 9.17) is 9.84 Å². The van der Waals surface area contributed by atoms with Crippen molar-refractivity contribution in [3.05, 3.63) is 0 Å². The molecular weight excluding hydrogens is 170 g/mol. The van der Waals surface area contributed by atoms with Gasteiger partial charge in [0.25, 0.3) is 0 Å². The van der Waals surface area contributed by atoms with Gasteiger partial charge in [0.05, 0.1) is 0 Å². The number of hydrogen-bond acceptors (Lipinski definition) is 3. The lowest BCUT2D eigenvalue weighted by atomic mass is 9.96. The number of carboxylic acids is 1. The van der Waals surface area contributed by atoms with E-state index in [1.54, 1.807) is 14.0 Å². The van der Waals surface area contributed by atoms with Crippen LogP contribution in [0.25, 0.3) is 0 Å². The van der Waals surface area contributed by atoms with E-state index >= 15 is 0 Å². The third kappa shape index (κ3) is 4.24. The molecule has 13 heavy (non-hydrogen) atoms. The molecule has 0 radical (unpaired) electrons. The molecule has 0 aliphatic carbocycles. The predicted molar refractivity (Wildman–Crippen MR) is 50.8 cm³/mol. The van der Waals surface area contributed by atoms with Crippen molar-refractivity contribution >= 4 is 5.97 Å². The Morgan fingerprint density at radius 1 is 1.62 bits per heavy atom. The highest BCUT2D eigenvalue weighted by Gasteiger charge is 2.29. The van der Waals surface area contributed by atoms with E-state index in [0.717, 1.165) is 6.42 Å². The van der Waals surface area contributed by atoms with Crippen molar-refractivity contribution in [3.8, 4) is 0 Å². The topological polar surface area (TPSA) is 58.6 Å². The first-order valence-corrected chi connectivity index (χ1v) is 4.57. The Hall–Kier alpha value is -0.610. The average Bonchev–Trinajstić information content (AvgIpc) is 2.12. The molecule has 4 nitrogen and oxygen atoms in total. The van der Waals surface area contributed by atoms with Gasteiger partial charge in [-0.2, -0.15) is 0 Å². The summed E-state index contributed by atoms with van der Waals surface area (Å²) in [7, 11) is 1.66. The normalized spacial score (nSPS) is 15.3. The van der Waals surface area contributed by atoms with Crippen LogP contribution >= 0.6 is 0 Å². The molecule has 0 saturated heterocycles. The van der Waals surface area contributed by atoms with Gasteiger partial charge >= 0.3 is 5.97 Å². The van der Waals surface area contributed by atoms with Crippen LogP contribution in [0.15, 0.2) is 0 Å². The van der Waals surface area contributed by atoms with Gasteiger partial charge in [-0.3, -0.25) is 4.79 Å². The lowest BCUT2D eigenvalue weighted by molar-refractivity contribution is -0.144. The van der Waals surface area contributed by atoms with E-state index in [1.807, 2.05) is 6.92 Å². The number of aliphatic carboxylic acids is 1. The summed E-state index contributed by atoms with van der Waals surface area (Å²) < 4.78 is 5.13. The molecule has 0 aromatic carbocycles. The molecule has 0 amide bonds. The van der Waals surface area contributed by atoms with Gasteiger partial charge in [-0.05, 0) is 33.7 Å². The van der Waals surface area contributed by atoms with Crippen molar-refractivity contribution in [1.82, 2.24) is 5.32 Å². The third-order valence-corrected chi connectivity index (χ3v) is 2.19. The highest BCUT2D eigenvalue weighted by molar-refractivity contribution is 5.78. The van der Waals surface area contributed by atoms with E-state index in [0.29, 0.717) is 19.6 Å². The molecule has 0 bridgehead atoms. The fraction of sp³-hybridized carbons (Fsp3) is 0.889. The smallest absolute Gasteiger partial charge is 0.323 e. The Balaban J connectivity index is 3.78. The molecule has 1 unspecified atom stereocenters. The lowest BCUT2D eigenvalue weighted by Gasteiger charge is -2.23. The Morgan fingerprint density at radius 3 is 2.62 bits per heavy atom. The monoisotopic (exact) mass is 189 g/mol. The van der Waals surface area contributed by atoms with E-state index in [2.05, 4.69) is 5.32 Å². The Labute approximate surface area is 79.3 Å². The van der Waals surface area contributed by atoms with Crippen LogP contribution < -0.4 is 5.32 Å². The number of hydrogen-bond donors (Lipinski definition) is 2. The van der Waals surface area contributed by atoms with E-state index in [9.17, 15) is 4.79 Å². The Bertz CT molecular complexity index is 161. The van der Waals surface area contributed by atoms with Crippen molar-refractivity contribution in [3.63, 3.8) is 0 Å². The van der Waals surface area contributed by atoms with E-state index < -0.39 is 11.5 Å². The second-order valence-electron chi connectivity index (χ2n) is 3.19. The summed E-state index contributed by atoms with van der Waals surface area (Å²) in [5, 5.41) is 11.7. The van der Waals surface area contributed by atoms with Gasteiger partial charge in [-0.25, -0.2) is 0 Å². The highest BCUT2D eigenvalue weighted by atomic mass is 16.5. The molecule has 78 valence electrons. The summed E-state index contributed by atoms with van der Waals surface area (Å²) in [6.45, 7) is 4.92. The highest BCUT2D eigenvalue weighted by Crippen LogP contribution is 2.11. The molecule has 4 heteroatoms. The van der Waals surface area contributed by atoms with Gasteiger partial charge < -0.3 is 15.2 Å². The standard InChI is InChI=1S/C9H19NO3/c1-4-13-7-5-6-9(2,10-3)8(11)12/h10H,4-7H2,1-3H3,(H,11,12). The lowest BCUT2D eigenvalue weighted by Crippen LogP contribution is -2.47. The van der Waals surface area contributed by atoms with Crippen molar-refractivity contribution in [2.75, 3.05) is 20.3 Å². The number of carboxylic acid groups (broad SMARTS) is 1. The maximum Gasteiger partial charge on any atom is 0.323 e. The zero-order valence-corrected chi connectivity index (χ0v) is 8.59. The predicted octanol–water partition coefficient (Wildman–Crippen LogP) is 0.866. The first-order valence-electron chi connectivity index (χ1n) is 4.57. The molecule has 0 aliphatic rings. The maximum atomic E-state index is 10.8. The van der Waals surface area contributed by atoms with E-state index in [-0.39, 0.29) is 0 Å². The quantitative estimate of drug-likeness (QED) is 0.583. The summed E-state index contributed by atoms with van der Waals surface area (Å²) in [5.74, 6) is -0.813. The number of carbonyl (C=O) groups is 1. The minimum Gasteiger partial charge on any atom is -0.480 e. The Morgan fingerprint density at radius 2 is 2.23 bits per heavy atom. The fourth-order valence-corrected chi connectivity index (χ4v) is 1.01. The van der Waals surface area contributed by atoms with Gasteiger partial charge in [0.1, 0.15) is 5.54 Å². The number of ether oxygens (including phenoxy) is 1. The molecule has 0 fully saturated rings. The van der Waals surface area contributed by atoms with Crippen LogP contribution in [-0.2, 0) is 9.53 Å². The van der Waals surface area contributed by atoms with Crippen LogP contribution in [-0.4, -0.2) is 36.9 Å². The first-order chi connectivity index (χ1) is 6.06. The number of rotatable bonds is 7. The summed E-state index contributed by atoms with van der Waals surface area (Å²) in [4.78, 5) is 10.8. The minimum atomic E-state index is -0.822. The van der Waals surface area contributed by atoms with Crippen LogP contribution in [0.3, 0.4) is 0 Å². The van der Waals surface area contributed by atoms with Gasteiger partial charge in [0.2, 0.25) is 0 Å². The molecular formula is C9H19NO3. The SMILES string of the molecule is CCOCCCC(C)(NC)C(=O)O. The summed E-state index contributed by atoms with van der Waals surface area (Å²) in [5.41, 5.74) is -0.822. The van der Waals surface area contributed by atoms with E-state index in [1.165, 1.54) is 0 Å². The van der Waals surface area contributed by atoms with Crippen molar-refractivity contribution in [1.29, 1.82) is 0 Å². The zero-order chi connectivity index (χ0) is 10.3. The summed E-state index contributed by atoms with van der Waals surface area (Å²) in [6, 6.07) is 0. The molecule has 2 N–H and O–H groups in total. The molecule has 1 atom stereocenters. The zero-order valence-electron chi connectivity index (χ0n) is 8.59. The van der Waals surface area contributed by atoms with Crippen LogP contribution in [0, 0.1) is 0 Å². The van der Waals surface area contributed by atoms with Gasteiger partial charge in [-0.15, -0.1) is 0 Å². The first kappa shape index (κ1) is 12.4. The Kier molecular flexibility index (Phi) is 5.66. The largest absolute Gasteiger partial charge is 0.480 e. The van der Waals surface area contributed by atoms with Crippen molar-refractivity contribution in [2.24, 2.45) is 0 Å². The second-order valence-corrected chi connectivity index (χ2v) is 3.19. The van der Waals surface area contributed by atoms with Gasteiger partial charge in [-0.1, -0.05) is 0 Å². The molecule has 0 rings (SSSR count). The van der Waals surface area contributed by atoms with Crippen LogP contribution in [0.1, 0.15) is 26.7 Å². The molecule has 0 heterocycles. The van der Waals surface area contributed by atoms with Crippen molar-refractivity contribution in [2.45, 2.75) is 32.2 Å². The molecule has 0 aliphatic heterocycles. The average molecular weight is 189 g/mol. The number of nitrogens with one attached hydrogen (secondary N) is 1. The fourth-order valence-electron chi connectivity index (χ4n) is 1.01. The van der Waals surface area contributed by atoms with Crippen LogP contribution in [0.4, 0.5) is 0 Å². The van der Waals surface area contributed by atoms with Gasteiger partial charge in [0, 0.05) is 13.2 Å². The maximum absolute atomic E-state index is 10.8. The molecule has 0 saturated carbocycles. The second kappa shape index (κ2) is 5.94. The number of likely N-dealkylation sites (N-methyl/N-ethyl adjacent to an activating group) is 1. The van der Waals surface area contributed by atoms with Gasteiger partial charge in [0.15, 0.2) is 0 Å². The molecule has 0 spiro atoms. The van der Waals surface area contributed by atoms with Crippen LogP contribution in [0.5, 0.6) is 0 Å².